The molecule has 0 bridgehead atoms. The van der Waals surface area contributed by atoms with Crippen LogP contribution in [0, 0.1) is 11.8 Å². The largest absolute Gasteiger partial charge is 0.271 e. The Morgan fingerprint density at radius 2 is 2.25 bits per heavy atom. The first kappa shape index (κ1) is 4.77. The number of rotatable bonds is 1. The van der Waals surface area contributed by atoms with Gasteiger partial charge >= 0.3 is 0 Å². The molecule has 8 heavy (non-hydrogen) atoms. The number of fused-ring (bicyclic) bond motifs is 1. The minimum atomic E-state index is 0.667. The molecule has 2 fully saturated rings. The lowest BCUT2D eigenvalue weighted by Gasteiger charge is -2.07. The van der Waals surface area contributed by atoms with Gasteiger partial charge in [0.2, 0.25) is 0 Å². The smallest absolute Gasteiger partial charge is 0.0241 e. The molecule has 0 saturated heterocycles. The Balaban J connectivity index is 1.97. The van der Waals surface area contributed by atoms with Gasteiger partial charge in [0.15, 0.2) is 0 Å². The van der Waals surface area contributed by atoms with Gasteiger partial charge in [-0.3, -0.25) is 11.3 Å². The highest BCUT2D eigenvalue weighted by molar-refractivity contribution is 5.00. The van der Waals surface area contributed by atoms with E-state index >= 15 is 0 Å². The highest BCUT2D eigenvalue weighted by atomic mass is 15.2. The summed E-state index contributed by atoms with van der Waals surface area (Å²) in [5, 5.41) is 0. The molecule has 46 valence electrons. The summed E-state index contributed by atoms with van der Waals surface area (Å²) in [6.45, 7) is 0. The van der Waals surface area contributed by atoms with E-state index in [-0.39, 0.29) is 0 Å². The summed E-state index contributed by atoms with van der Waals surface area (Å²) in [4.78, 5) is 0. The van der Waals surface area contributed by atoms with Gasteiger partial charge < -0.3 is 0 Å². The van der Waals surface area contributed by atoms with E-state index in [9.17, 15) is 0 Å². The SMILES string of the molecule is NNC1CCC2CC21. The molecule has 0 radical (unpaired) electrons. The van der Waals surface area contributed by atoms with Gasteiger partial charge in [-0.15, -0.1) is 0 Å². The molecule has 0 spiro atoms. The van der Waals surface area contributed by atoms with Crippen LogP contribution in [0.25, 0.3) is 0 Å². The van der Waals surface area contributed by atoms with E-state index in [0.717, 1.165) is 11.8 Å². The van der Waals surface area contributed by atoms with Crippen LogP contribution in [0.2, 0.25) is 0 Å². The Kier molecular flexibility index (Phi) is 0.866. The molecular formula is C6H12N2. The number of hydrogen-bond acceptors (Lipinski definition) is 2. The molecule has 2 nitrogen and oxygen atoms in total. The quantitative estimate of drug-likeness (QED) is 0.377. The van der Waals surface area contributed by atoms with Crippen molar-refractivity contribution in [2.45, 2.75) is 25.3 Å². The summed E-state index contributed by atoms with van der Waals surface area (Å²) in [7, 11) is 0. The third-order valence-corrected chi connectivity index (χ3v) is 2.56. The zero-order chi connectivity index (χ0) is 5.56. The zero-order valence-electron chi connectivity index (χ0n) is 4.93. The van der Waals surface area contributed by atoms with Gasteiger partial charge in [0.1, 0.15) is 0 Å². The molecule has 2 heteroatoms. The van der Waals surface area contributed by atoms with E-state index in [1.165, 1.54) is 19.3 Å². The van der Waals surface area contributed by atoms with Crippen molar-refractivity contribution in [1.29, 1.82) is 0 Å². The minimum Gasteiger partial charge on any atom is -0.271 e. The summed E-state index contributed by atoms with van der Waals surface area (Å²) in [6, 6.07) is 0.667. The summed E-state index contributed by atoms with van der Waals surface area (Å²) in [6.07, 6.45) is 4.17. The number of nitrogens with one attached hydrogen (secondary N) is 1. The van der Waals surface area contributed by atoms with E-state index in [0.29, 0.717) is 6.04 Å². The van der Waals surface area contributed by atoms with Crippen molar-refractivity contribution in [2.75, 3.05) is 0 Å². The first-order valence-electron chi connectivity index (χ1n) is 3.38. The van der Waals surface area contributed by atoms with Crippen LogP contribution < -0.4 is 11.3 Å². The summed E-state index contributed by atoms with van der Waals surface area (Å²) in [5.74, 6) is 7.31. The minimum absolute atomic E-state index is 0.667. The van der Waals surface area contributed by atoms with Crippen LogP contribution >= 0.6 is 0 Å². The van der Waals surface area contributed by atoms with Crippen molar-refractivity contribution >= 4 is 0 Å². The third-order valence-electron chi connectivity index (χ3n) is 2.56. The van der Waals surface area contributed by atoms with Crippen LogP contribution in [-0.4, -0.2) is 6.04 Å². The Bertz CT molecular complexity index is 103. The van der Waals surface area contributed by atoms with Gasteiger partial charge in [0.25, 0.3) is 0 Å². The molecule has 3 N–H and O–H groups in total. The van der Waals surface area contributed by atoms with Crippen LogP contribution in [0.5, 0.6) is 0 Å². The van der Waals surface area contributed by atoms with E-state index in [4.69, 9.17) is 5.84 Å². The standard InChI is InChI=1S/C6H12N2/c7-8-6-2-1-4-3-5(4)6/h4-6,8H,1-3,7H2. The first-order chi connectivity index (χ1) is 3.92. The monoisotopic (exact) mass is 112 g/mol. The average molecular weight is 112 g/mol. The van der Waals surface area contributed by atoms with Gasteiger partial charge in [-0.25, -0.2) is 0 Å². The highest BCUT2D eigenvalue weighted by Crippen LogP contribution is 2.51. The second-order valence-electron chi connectivity index (χ2n) is 3.01. The van der Waals surface area contributed by atoms with Gasteiger partial charge in [-0.05, 0) is 31.1 Å². The lowest BCUT2D eigenvalue weighted by molar-refractivity contribution is 0.490. The topological polar surface area (TPSA) is 38.0 Å². The molecule has 0 aromatic carbocycles. The van der Waals surface area contributed by atoms with Crippen LogP contribution in [0.1, 0.15) is 19.3 Å². The fourth-order valence-corrected chi connectivity index (χ4v) is 1.91. The Labute approximate surface area is 49.4 Å². The van der Waals surface area contributed by atoms with Crippen LogP contribution in [0.4, 0.5) is 0 Å². The van der Waals surface area contributed by atoms with Crippen molar-refractivity contribution in [1.82, 2.24) is 5.43 Å². The molecule has 0 amide bonds. The molecule has 0 heterocycles. The van der Waals surface area contributed by atoms with Crippen molar-refractivity contribution in [2.24, 2.45) is 17.7 Å². The lowest BCUT2D eigenvalue weighted by atomic mass is 10.2. The zero-order valence-corrected chi connectivity index (χ0v) is 4.93. The highest BCUT2D eigenvalue weighted by Gasteiger charge is 2.47. The Hall–Kier alpha value is -0.0800. The van der Waals surface area contributed by atoms with Crippen LogP contribution in [0.3, 0.4) is 0 Å². The lowest BCUT2D eigenvalue weighted by Crippen LogP contribution is -2.34. The molecule has 0 aliphatic heterocycles. The van der Waals surface area contributed by atoms with E-state index in [1.807, 2.05) is 0 Å². The third kappa shape index (κ3) is 0.501. The molecule has 3 unspecified atom stereocenters. The molecule has 2 rings (SSSR count). The van der Waals surface area contributed by atoms with Crippen molar-refractivity contribution < 1.29 is 0 Å². The first-order valence-corrected chi connectivity index (χ1v) is 3.38. The second kappa shape index (κ2) is 1.45. The molecule has 0 aromatic heterocycles. The Morgan fingerprint density at radius 3 is 2.50 bits per heavy atom. The number of hydrogen-bond donors (Lipinski definition) is 2. The summed E-state index contributed by atoms with van der Waals surface area (Å²) < 4.78 is 0. The van der Waals surface area contributed by atoms with Gasteiger partial charge in [-0.2, -0.15) is 0 Å². The predicted octanol–water partition coefficient (Wildman–Crippen LogP) is 0.248. The maximum absolute atomic E-state index is 5.30. The molecule has 0 aromatic rings. The number of nitrogens with two attached hydrogens (primary N) is 1. The van der Waals surface area contributed by atoms with Crippen molar-refractivity contribution in [3.8, 4) is 0 Å². The van der Waals surface area contributed by atoms with Gasteiger partial charge in [0.05, 0.1) is 0 Å². The second-order valence-corrected chi connectivity index (χ2v) is 3.01. The molecule has 2 aliphatic rings. The number of hydrazine groups is 1. The van der Waals surface area contributed by atoms with Crippen molar-refractivity contribution in [3.05, 3.63) is 0 Å². The van der Waals surface area contributed by atoms with Crippen molar-refractivity contribution in [3.63, 3.8) is 0 Å². The molecular weight excluding hydrogens is 100 g/mol. The van der Waals surface area contributed by atoms with Gasteiger partial charge in [0, 0.05) is 6.04 Å². The summed E-state index contributed by atoms with van der Waals surface area (Å²) >= 11 is 0. The normalized spacial score (nSPS) is 51.4. The maximum Gasteiger partial charge on any atom is 0.0241 e. The molecule has 3 atom stereocenters. The fraction of sp³-hybridized carbons (Fsp3) is 1.00. The average Bonchev–Trinajstić information content (AvgIpc) is 2.46. The van der Waals surface area contributed by atoms with Gasteiger partial charge in [-0.1, -0.05) is 0 Å². The molecule has 2 aliphatic carbocycles. The van der Waals surface area contributed by atoms with Crippen LogP contribution in [-0.2, 0) is 0 Å². The molecule has 2 saturated carbocycles. The van der Waals surface area contributed by atoms with E-state index in [1.54, 1.807) is 0 Å². The predicted molar refractivity (Wildman–Crippen MR) is 31.9 cm³/mol. The Morgan fingerprint density at radius 1 is 1.38 bits per heavy atom. The summed E-state index contributed by atoms with van der Waals surface area (Å²) in [5.41, 5.74) is 2.86. The van der Waals surface area contributed by atoms with E-state index < -0.39 is 0 Å². The van der Waals surface area contributed by atoms with Crippen LogP contribution in [0.15, 0.2) is 0 Å². The fourth-order valence-electron chi connectivity index (χ4n) is 1.91. The van der Waals surface area contributed by atoms with E-state index in [2.05, 4.69) is 5.43 Å². The maximum atomic E-state index is 5.30.